The lowest BCUT2D eigenvalue weighted by Gasteiger charge is -2.03. The molecule has 96 valence electrons. The fourth-order valence-electron chi connectivity index (χ4n) is 1.34. The summed E-state index contributed by atoms with van der Waals surface area (Å²) < 4.78 is 5.50. The Hall–Kier alpha value is -1.37. The third-order valence-corrected chi connectivity index (χ3v) is 3.31. The quantitative estimate of drug-likeness (QED) is 0.821. The summed E-state index contributed by atoms with van der Waals surface area (Å²) in [6.45, 7) is -0.230. The molecular weight excluding hydrogens is 252 g/mol. The highest BCUT2D eigenvalue weighted by atomic mass is 32.2. The smallest absolute Gasteiger partial charge is 0.247 e. The van der Waals surface area contributed by atoms with E-state index in [-0.39, 0.29) is 6.61 Å². The second-order valence-corrected chi connectivity index (χ2v) is 4.75. The molecule has 2 rings (SSSR count). The highest BCUT2D eigenvalue weighted by Crippen LogP contribution is 2.19. The predicted molar refractivity (Wildman–Crippen MR) is 69.0 cm³/mol. The summed E-state index contributed by atoms with van der Waals surface area (Å²) in [5.74, 6) is 1.98. The molecule has 18 heavy (non-hydrogen) atoms. The SMILES string of the molecule is OCC(O)CSCc1nnc(-c2ccccc2)o1. The fraction of sp³-hybridized carbons (Fsp3) is 0.333. The van der Waals surface area contributed by atoms with Gasteiger partial charge in [0.1, 0.15) is 0 Å². The number of thioether (sulfide) groups is 1. The number of hydrogen-bond acceptors (Lipinski definition) is 6. The molecule has 0 aliphatic heterocycles. The first-order valence-electron chi connectivity index (χ1n) is 5.54. The maximum absolute atomic E-state index is 9.18. The van der Waals surface area contributed by atoms with Crippen LogP contribution in [0.15, 0.2) is 34.7 Å². The molecule has 5 nitrogen and oxygen atoms in total. The van der Waals surface area contributed by atoms with E-state index in [2.05, 4.69) is 10.2 Å². The highest BCUT2D eigenvalue weighted by Gasteiger charge is 2.09. The number of hydrogen-bond donors (Lipinski definition) is 2. The minimum atomic E-state index is -0.702. The molecule has 2 N–H and O–H groups in total. The van der Waals surface area contributed by atoms with Gasteiger partial charge in [-0.05, 0) is 12.1 Å². The van der Waals surface area contributed by atoms with E-state index in [0.717, 1.165) is 5.56 Å². The summed E-state index contributed by atoms with van der Waals surface area (Å²) in [5, 5.41) is 25.7. The zero-order valence-corrected chi connectivity index (χ0v) is 10.5. The van der Waals surface area contributed by atoms with Crippen molar-refractivity contribution in [2.45, 2.75) is 11.9 Å². The second-order valence-electron chi connectivity index (χ2n) is 3.72. The van der Waals surface area contributed by atoms with Crippen molar-refractivity contribution >= 4 is 11.8 Å². The summed E-state index contributed by atoms with van der Waals surface area (Å²) in [6.07, 6.45) is -0.702. The molecule has 6 heteroatoms. The molecule has 0 fully saturated rings. The number of nitrogens with zero attached hydrogens (tertiary/aromatic N) is 2. The van der Waals surface area contributed by atoms with Crippen LogP contribution in [0.1, 0.15) is 5.89 Å². The van der Waals surface area contributed by atoms with E-state index in [0.29, 0.717) is 23.3 Å². The normalized spacial score (nSPS) is 12.6. The van der Waals surface area contributed by atoms with E-state index in [9.17, 15) is 5.11 Å². The Bertz CT molecular complexity index is 475. The number of aliphatic hydroxyl groups excluding tert-OH is 2. The molecule has 1 aromatic carbocycles. The monoisotopic (exact) mass is 266 g/mol. The van der Waals surface area contributed by atoms with E-state index in [4.69, 9.17) is 9.52 Å². The molecule has 0 aliphatic carbocycles. The Labute approximate surface area is 109 Å². The Morgan fingerprint density at radius 3 is 2.72 bits per heavy atom. The predicted octanol–water partition coefficient (Wildman–Crippen LogP) is 1.32. The van der Waals surface area contributed by atoms with Crippen LogP contribution in [0.3, 0.4) is 0 Å². The summed E-state index contributed by atoms with van der Waals surface area (Å²) in [5.41, 5.74) is 0.886. The van der Waals surface area contributed by atoms with Gasteiger partial charge >= 0.3 is 0 Å². The molecule has 0 bridgehead atoms. The topological polar surface area (TPSA) is 79.4 Å². The highest BCUT2D eigenvalue weighted by molar-refractivity contribution is 7.98. The summed E-state index contributed by atoms with van der Waals surface area (Å²) in [6, 6.07) is 9.55. The molecule has 0 amide bonds. The van der Waals surface area contributed by atoms with Crippen LogP contribution in [0.5, 0.6) is 0 Å². The number of benzene rings is 1. The van der Waals surface area contributed by atoms with Crippen LogP contribution >= 0.6 is 11.8 Å². The minimum Gasteiger partial charge on any atom is -0.420 e. The first-order valence-corrected chi connectivity index (χ1v) is 6.69. The average Bonchev–Trinajstić information content (AvgIpc) is 2.88. The molecular formula is C12H14N2O3S. The van der Waals surface area contributed by atoms with E-state index in [1.807, 2.05) is 30.3 Å². The van der Waals surface area contributed by atoms with Crippen molar-refractivity contribution in [2.75, 3.05) is 12.4 Å². The van der Waals surface area contributed by atoms with Crippen LogP contribution < -0.4 is 0 Å². The van der Waals surface area contributed by atoms with Gasteiger partial charge in [-0.25, -0.2) is 0 Å². The van der Waals surface area contributed by atoms with Crippen LogP contribution in [-0.4, -0.2) is 38.9 Å². The Balaban J connectivity index is 1.91. The lowest BCUT2D eigenvalue weighted by molar-refractivity contribution is 0.113. The maximum atomic E-state index is 9.18. The van der Waals surface area contributed by atoms with E-state index in [1.165, 1.54) is 11.8 Å². The zero-order valence-electron chi connectivity index (χ0n) is 9.69. The van der Waals surface area contributed by atoms with E-state index in [1.54, 1.807) is 0 Å². The molecule has 0 spiro atoms. The van der Waals surface area contributed by atoms with Crippen LogP contribution in [-0.2, 0) is 5.75 Å². The fourth-order valence-corrected chi connectivity index (χ4v) is 2.13. The van der Waals surface area contributed by atoms with Gasteiger partial charge in [0.25, 0.3) is 0 Å². The van der Waals surface area contributed by atoms with Crippen molar-refractivity contribution in [3.8, 4) is 11.5 Å². The molecule has 1 atom stereocenters. The van der Waals surface area contributed by atoms with Crippen LogP contribution in [0.2, 0.25) is 0 Å². The number of aliphatic hydroxyl groups is 2. The second kappa shape index (κ2) is 6.53. The van der Waals surface area contributed by atoms with Gasteiger partial charge in [-0.1, -0.05) is 18.2 Å². The standard InChI is InChI=1S/C12H14N2O3S/c15-6-10(16)7-18-8-11-13-14-12(17-11)9-4-2-1-3-5-9/h1-5,10,15-16H,6-8H2. The minimum absolute atomic E-state index is 0.230. The molecule has 0 saturated carbocycles. The number of aromatic nitrogens is 2. The van der Waals surface area contributed by atoms with Crippen LogP contribution in [0, 0.1) is 0 Å². The maximum Gasteiger partial charge on any atom is 0.247 e. The lowest BCUT2D eigenvalue weighted by Crippen LogP contribution is -2.14. The molecule has 2 aromatic rings. The molecule has 1 heterocycles. The van der Waals surface area contributed by atoms with Gasteiger partial charge in [0, 0.05) is 11.3 Å². The van der Waals surface area contributed by atoms with Gasteiger partial charge in [-0.2, -0.15) is 0 Å². The van der Waals surface area contributed by atoms with Gasteiger partial charge in [0.15, 0.2) is 0 Å². The third-order valence-electron chi connectivity index (χ3n) is 2.23. The number of rotatable bonds is 6. The van der Waals surface area contributed by atoms with Crippen molar-refractivity contribution in [2.24, 2.45) is 0 Å². The zero-order chi connectivity index (χ0) is 12.8. The van der Waals surface area contributed by atoms with E-state index < -0.39 is 6.10 Å². The van der Waals surface area contributed by atoms with E-state index >= 15 is 0 Å². The van der Waals surface area contributed by atoms with Crippen molar-refractivity contribution in [1.82, 2.24) is 10.2 Å². The summed E-state index contributed by atoms with van der Waals surface area (Å²) >= 11 is 1.44. The average molecular weight is 266 g/mol. The first-order chi connectivity index (χ1) is 8.79. The Kier molecular flexibility index (Phi) is 4.74. The third kappa shape index (κ3) is 3.56. The first kappa shape index (κ1) is 13.1. The van der Waals surface area contributed by atoms with Crippen molar-refractivity contribution in [3.05, 3.63) is 36.2 Å². The largest absolute Gasteiger partial charge is 0.420 e. The molecule has 1 aromatic heterocycles. The Morgan fingerprint density at radius 2 is 2.00 bits per heavy atom. The van der Waals surface area contributed by atoms with Gasteiger partial charge in [0.05, 0.1) is 18.5 Å². The molecule has 1 unspecified atom stereocenters. The van der Waals surface area contributed by atoms with Crippen LogP contribution in [0.4, 0.5) is 0 Å². The molecule has 0 radical (unpaired) electrons. The molecule has 0 aliphatic rings. The van der Waals surface area contributed by atoms with Crippen LogP contribution in [0.25, 0.3) is 11.5 Å². The summed E-state index contributed by atoms with van der Waals surface area (Å²) in [7, 11) is 0. The van der Waals surface area contributed by atoms with Gasteiger partial charge in [-0.15, -0.1) is 22.0 Å². The summed E-state index contributed by atoms with van der Waals surface area (Å²) in [4.78, 5) is 0. The van der Waals surface area contributed by atoms with Crippen molar-refractivity contribution < 1.29 is 14.6 Å². The van der Waals surface area contributed by atoms with Gasteiger partial charge in [-0.3, -0.25) is 0 Å². The van der Waals surface area contributed by atoms with Crippen molar-refractivity contribution in [1.29, 1.82) is 0 Å². The Morgan fingerprint density at radius 1 is 1.22 bits per heavy atom. The van der Waals surface area contributed by atoms with Gasteiger partial charge in [0.2, 0.25) is 11.8 Å². The van der Waals surface area contributed by atoms with Gasteiger partial charge < -0.3 is 14.6 Å². The van der Waals surface area contributed by atoms with Crippen molar-refractivity contribution in [3.63, 3.8) is 0 Å². The molecule has 0 saturated heterocycles. The lowest BCUT2D eigenvalue weighted by atomic mass is 10.2.